The molecule has 0 bridgehead atoms. The summed E-state index contributed by atoms with van der Waals surface area (Å²) in [7, 11) is 0. The van der Waals surface area contributed by atoms with Gasteiger partial charge in [-0.1, -0.05) is 48.5 Å². The summed E-state index contributed by atoms with van der Waals surface area (Å²) >= 11 is 0. The first-order valence-corrected chi connectivity index (χ1v) is 7.59. The van der Waals surface area contributed by atoms with Crippen molar-refractivity contribution in [3.63, 3.8) is 0 Å². The summed E-state index contributed by atoms with van der Waals surface area (Å²) in [4.78, 5) is 25.1. The minimum Gasteiger partial charge on any atom is -0.398 e. The van der Waals surface area contributed by atoms with Gasteiger partial charge in [-0.3, -0.25) is 9.59 Å². The minimum absolute atomic E-state index is 0.232. The van der Waals surface area contributed by atoms with Gasteiger partial charge in [0.15, 0.2) is 5.78 Å². The van der Waals surface area contributed by atoms with Crippen LogP contribution >= 0.6 is 0 Å². The second-order valence-corrected chi connectivity index (χ2v) is 5.67. The number of carbonyl (C=O) groups excluding carboxylic acids is 2. The molecule has 0 spiro atoms. The van der Waals surface area contributed by atoms with E-state index in [1.54, 1.807) is 18.2 Å². The third-order valence-corrected chi connectivity index (χ3v) is 4.17. The zero-order chi connectivity index (χ0) is 16.7. The fraction of sp³-hybridized carbons (Fsp3) is 0. The van der Waals surface area contributed by atoms with Crippen molar-refractivity contribution < 1.29 is 9.59 Å². The molecule has 3 N–H and O–H groups in total. The number of benzene rings is 3. The summed E-state index contributed by atoms with van der Waals surface area (Å²) in [5.74, 6) is -0.490. The number of ketones is 2. The van der Waals surface area contributed by atoms with Gasteiger partial charge in [-0.15, -0.1) is 0 Å². The lowest BCUT2D eigenvalue weighted by molar-refractivity contribution is 0.0986. The molecule has 3 aromatic carbocycles. The second-order valence-electron chi connectivity index (χ2n) is 5.67. The molecular weight excluding hydrogens is 300 g/mol. The van der Waals surface area contributed by atoms with Gasteiger partial charge in [0, 0.05) is 28.4 Å². The fourth-order valence-corrected chi connectivity index (χ4v) is 3.02. The first kappa shape index (κ1) is 14.2. The van der Waals surface area contributed by atoms with Gasteiger partial charge in [-0.25, -0.2) is 0 Å². The minimum atomic E-state index is -0.259. The van der Waals surface area contributed by atoms with Crippen molar-refractivity contribution in [2.45, 2.75) is 0 Å². The van der Waals surface area contributed by atoms with Crippen LogP contribution in [0.15, 0.2) is 72.4 Å². The molecule has 1 aliphatic carbocycles. The van der Waals surface area contributed by atoms with E-state index < -0.39 is 0 Å². The number of carbonyl (C=O) groups is 2. The smallest absolute Gasteiger partial charge is 0.210 e. The lowest BCUT2D eigenvalue weighted by Gasteiger charge is -2.18. The van der Waals surface area contributed by atoms with E-state index in [4.69, 9.17) is 5.73 Å². The monoisotopic (exact) mass is 314 g/mol. The molecule has 0 radical (unpaired) electrons. The van der Waals surface area contributed by atoms with E-state index in [0.29, 0.717) is 11.3 Å². The Bertz CT molecular complexity index is 1030. The zero-order valence-corrected chi connectivity index (χ0v) is 12.7. The summed E-state index contributed by atoms with van der Waals surface area (Å²) in [5, 5.41) is 5.16. The largest absolute Gasteiger partial charge is 0.398 e. The van der Waals surface area contributed by atoms with Crippen molar-refractivity contribution in [3.8, 4) is 0 Å². The van der Waals surface area contributed by atoms with Gasteiger partial charge in [0.1, 0.15) is 0 Å². The Kier molecular flexibility index (Phi) is 3.17. The van der Waals surface area contributed by atoms with Crippen LogP contribution in [0.25, 0.3) is 10.8 Å². The molecule has 1 aliphatic rings. The summed E-state index contributed by atoms with van der Waals surface area (Å²) in [6, 6.07) is 18.6. The van der Waals surface area contributed by atoms with Crippen molar-refractivity contribution in [1.29, 1.82) is 0 Å². The molecule has 0 atom stereocenters. The lowest BCUT2D eigenvalue weighted by Crippen LogP contribution is -2.22. The number of nitrogens with one attached hydrogen (secondary N) is 1. The Hall–Kier alpha value is -3.40. The first-order chi connectivity index (χ1) is 11.6. The number of hydrogen-bond donors (Lipinski definition) is 2. The number of fused-ring (bicyclic) bond motifs is 2. The predicted octanol–water partition coefficient (Wildman–Crippen LogP) is 3.80. The molecule has 0 aliphatic heterocycles. The van der Waals surface area contributed by atoms with E-state index in [1.165, 1.54) is 6.08 Å². The van der Waals surface area contributed by atoms with Crippen LogP contribution in [0.4, 0.5) is 11.4 Å². The van der Waals surface area contributed by atoms with Crippen LogP contribution in [0.2, 0.25) is 0 Å². The highest BCUT2D eigenvalue weighted by Gasteiger charge is 2.27. The van der Waals surface area contributed by atoms with E-state index in [2.05, 4.69) is 5.32 Å². The van der Waals surface area contributed by atoms with Crippen LogP contribution < -0.4 is 11.1 Å². The average molecular weight is 314 g/mol. The van der Waals surface area contributed by atoms with E-state index >= 15 is 0 Å². The highest BCUT2D eigenvalue weighted by atomic mass is 16.1. The van der Waals surface area contributed by atoms with E-state index in [-0.39, 0.29) is 22.8 Å². The first-order valence-electron chi connectivity index (χ1n) is 7.59. The van der Waals surface area contributed by atoms with E-state index in [9.17, 15) is 9.59 Å². The highest BCUT2D eigenvalue weighted by Crippen LogP contribution is 2.29. The molecular formula is C20H14N2O2. The fourth-order valence-electron chi connectivity index (χ4n) is 3.02. The Morgan fingerprint density at radius 1 is 0.833 bits per heavy atom. The number of nitrogens with two attached hydrogens (primary N) is 1. The lowest BCUT2D eigenvalue weighted by atomic mass is 9.91. The number of anilines is 2. The van der Waals surface area contributed by atoms with Gasteiger partial charge in [-0.05, 0) is 17.5 Å². The number of hydrogen-bond acceptors (Lipinski definition) is 4. The maximum Gasteiger partial charge on any atom is 0.210 e. The standard InChI is InChI=1S/C20H14N2O2/c21-15-9-4-8-14-19(15)18(23)11-17(20(14)24)22-16-10-3-6-12-5-1-2-7-13(12)16/h1-11,22H,21H2. The SMILES string of the molecule is Nc1cccc2c1C(=O)C=C(Nc1cccc3ccccc13)C2=O. The molecule has 0 amide bonds. The summed E-state index contributed by atoms with van der Waals surface area (Å²) in [5.41, 5.74) is 7.83. The maximum absolute atomic E-state index is 12.7. The third-order valence-electron chi connectivity index (χ3n) is 4.17. The van der Waals surface area contributed by atoms with Crippen molar-refractivity contribution in [1.82, 2.24) is 0 Å². The van der Waals surface area contributed by atoms with Crippen LogP contribution in [0.1, 0.15) is 20.7 Å². The molecule has 0 saturated carbocycles. The molecule has 3 aromatic rings. The van der Waals surface area contributed by atoms with Crippen LogP contribution in [-0.4, -0.2) is 11.6 Å². The number of nitrogen functional groups attached to an aromatic ring is 1. The zero-order valence-electron chi connectivity index (χ0n) is 12.7. The topological polar surface area (TPSA) is 72.2 Å². The Labute approximate surface area is 138 Å². The third kappa shape index (κ3) is 2.16. The Morgan fingerprint density at radius 3 is 2.46 bits per heavy atom. The molecule has 0 fully saturated rings. The molecule has 0 unspecified atom stereocenters. The molecule has 4 nitrogen and oxygen atoms in total. The van der Waals surface area contributed by atoms with Crippen LogP contribution in [0, 0.1) is 0 Å². The van der Waals surface area contributed by atoms with Gasteiger partial charge in [0.2, 0.25) is 5.78 Å². The maximum atomic E-state index is 12.7. The Balaban J connectivity index is 1.78. The van der Waals surface area contributed by atoms with Crippen molar-refractivity contribution in [2.24, 2.45) is 0 Å². The van der Waals surface area contributed by atoms with Crippen molar-refractivity contribution >= 4 is 33.7 Å². The van der Waals surface area contributed by atoms with Crippen LogP contribution in [-0.2, 0) is 0 Å². The van der Waals surface area contributed by atoms with Crippen LogP contribution in [0.5, 0.6) is 0 Å². The number of allylic oxidation sites excluding steroid dienone is 2. The highest BCUT2D eigenvalue weighted by molar-refractivity contribution is 6.27. The summed E-state index contributed by atoms with van der Waals surface area (Å²) in [6.07, 6.45) is 1.32. The van der Waals surface area contributed by atoms with Gasteiger partial charge in [0.25, 0.3) is 0 Å². The molecule has 0 heterocycles. The number of rotatable bonds is 2. The van der Waals surface area contributed by atoms with Crippen LogP contribution in [0.3, 0.4) is 0 Å². The molecule has 116 valence electrons. The second kappa shape index (κ2) is 5.35. The molecule has 4 rings (SSSR count). The van der Waals surface area contributed by atoms with Crippen molar-refractivity contribution in [3.05, 3.63) is 83.6 Å². The van der Waals surface area contributed by atoms with E-state index in [1.807, 2.05) is 42.5 Å². The summed E-state index contributed by atoms with van der Waals surface area (Å²) in [6.45, 7) is 0. The normalized spacial score (nSPS) is 13.6. The molecule has 0 aromatic heterocycles. The Morgan fingerprint density at radius 2 is 1.58 bits per heavy atom. The van der Waals surface area contributed by atoms with Gasteiger partial charge in [0.05, 0.1) is 11.3 Å². The van der Waals surface area contributed by atoms with Gasteiger partial charge >= 0.3 is 0 Å². The molecule has 0 saturated heterocycles. The summed E-state index contributed by atoms with van der Waals surface area (Å²) < 4.78 is 0. The van der Waals surface area contributed by atoms with E-state index in [0.717, 1.165) is 16.5 Å². The van der Waals surface area contributed by atoms with Gasteiger partial charge in [-0.2, -0.15) is 0 Å². The average Bonchev–Trinajstić information content (AvgIpc) is 2.59. The number of Topliss-reactive ketones (excluding diaryl/α,β-unsaturated/α-hetero) is 1. The van der Waals surface area contributed by atoms with Crippen molar-refractivity contribution in [2.75, 3.05) is 11.1 Å². The predicted molar refractivity (Wildman–Crippen MR) is 95.2 cm³/mol. The molecule has 24 heavy (non-hydrogen) atoms. The molecule has 4 heteroatoms. The quantitative estimate of drug-likeness (QED) is 0.706. The van der Waals surface area contributed by atoms with Gasteiger partial charge < -0.3 is 11.1 Å².